The van der Waals surface area contributed by atoms with Crippen LogP contribution in [0.25, 0.3) is 0 Å². The van der Waals surface area contributed by atoms with Gasteiger partial charge in [0.2, 0.25) is 6.17 Å². The molecule has 0 saturated carbocycles. The molecule has 0 spiro atoms. The maximum Gasteiger partial charge on any atom is 0.429 e. The Kier molecular flexibility index (Phi) is 1.92. The van der Waals surface area contributed by atoms with E-state index >= 15 is 0 Å². The fraction of sp³-hybridized carbons (Fsp3) is 0.200. The molecule has 3 rings (SSSR count). The van der Waals surface area contributed by atoms with E-state index in [9.17, 15) is 13.2 Å². The molecule has 0 amide bonds. The fourth-order valence-electron chi connectivity index (χ4n) is 1.85. The van der Waals surface area contributed by atoms with E-state index in [4.69, 9.17) is 0 Å². The highest BCUT2D eigenvalue weighted by Gasteiger charge is 2.49. The number of nitrogens with one attached hydrogen (secondary N) is 1. The van der Waals surface area contributed by atoms with Gasteiger partial charge in [-0.05, 0) is 12.1 Å². The third kappa shape index (κ3) is 1.46. The molecule has 1 N–H and O–H groups in total. The summed E-state index contributed by atoms with van der Waals surface area (Å²) in [7, 11) is 0. The minimum absolute atomic E-state index is 0.172. The summed E-state index contributed by atoms with van der Waals surface area (Å²) in [6, 6.07) is 6.65. The van der Waals surface area contributed by atoms with Gasteiger partial charge in [-0.25, -0.2) is 0 Å². The molecule has 0 bridgehead atoms. The van der Waals surface area contributed by atoms with Crippen LogP contribution in [0.4, 0.5) is 24.5 Å². The van der Waals surface area contributed by atoms with Crippen molar-refractivity contribution in [2.24, 2.45) is 10.1 Å². The quantitative estimate of drug-likeness (QED) is 0.753. The Morgan fingerprint density at radius 2 is 2.00 bits per heavy atom. The molecule has 1 aromatic carbocycles. The van der Waals surface area contributed by atoms with Crippen LogP contribution in [0.3, 0.4) is 0 Å². The number of hydrazone groups is 1. The number of halogens is 3. The van der Waals surface area contributed by atoms with Gasteiger partial charge >= 0.3 is 6.18 Å². The number of aliphatic imine (C=N–C) groups is 1. The van der Waals surface area contributed by atoms with Crippen LogP contribution in [0.5, 0.6) is 0 Å². The second-order valence-corrected chi connectivity index (χ2v) is 3.66. The number of para-hydroxylation sites is 2. The van der Waals surface area contributed by atoms with Gasteiger partial charge in [0, 0.05) is 0 Å². The van der Waals surface area contributed by atoms with Gasteiger partial charge in [-0.1, -0.05) is 12.1 Å². The first-order chi connectivity index (χ1) is 8.07. The average Bonchev–Trinajstić information content (AvgIpc) is 2.72. The molecule has 88 valence electrons. The molecule has 4 nitrogen and oxygen atoms in total. The van der Waals surface area contributed by atoms with Gasteiger partial charge in [0.1, 0.15) is 0 Å². The van der Waals surface area contributed by atoms with E-state index in [2.05, 4.69) is 15.5 Å². The Bertz CT molecular complexity index is 521. The van der Waals surface area contributed by atoms with E-state index in [1.54, 1.807) is 24.3 Å². The number of amidine groups is 1. The number of fused-ring (bicyclic) bond motifs is 3. The molecule has 1 aromatic rings. The van der Waals surface area contributed by atoms with Crippen molar-refractivity contribution >= 4 is 23.4 Å². The summed E-state index contributed by atoms with van der Waals surface area (Å²) in [6.07, 6.45) is -4.91. The number of rotatable bonds is 0. The van der Waals surface area contributed by atoms with Crippen LogP contribution >= 0.6 is 0 Å². The molecular weight excluding hydrogens is 233 g/mol. The summed E-state index contributed by atoms with van der Waals surface area (Å²) in [6.45, 7) is 0. The topological polar surface area (TPSA) is 40.0 Å². The first-order valence-corrected chi connectivity index (χ1v) is 4.89. The highest BCUT2D eigenvalue weighted by molar-refractivity contribution is 6.38. The predicted molar refractivity (Wildman–Crippen MR) is 57.5 cm³/mol. The predicted octanol–water partition coefficient (Wildman–Crippen LogP) is 2.01. The van der Waals surface area contributed by atoms with E-state index in [-0.39, 0.29) is 5.84 Å². The number of benzene rings is 1. The highest BCUT2D eigenvalue weighted by Crippen LogP contribution is 2.37. The van der Waals surface area contributed by atoms with E-state index in [0.717, 1.165) is 4.90 Å². The van der Waals surface area contributed by atoms with E-state index < -0.39 is 12.3 Å². The van der Waals surface area contributed by atoms with Crippen LogP contribution in [0.15, 0.2) is 34.4 Å². The molecular formula is C10H7F3N4. The minimum Gasteiger partial charge on any atom is -0.291 e. The van der Waals surface area contributed by atoms with Crippen molar-refractivity contribution in [2.75, 3.05) is 4.90 Å². The van der Waals surface area contributed by atoms with Crippen LogP contribution in [0.1, 0.15) is 0 Å². The van der Waals surface area contributed by atoms with E-state index in [1.165, 1.54) is 6.21 Å². The molecule has 0 aliphatic carbocycles. The molecule has 0 saturated heterocycles. The third-order valence-corrected chi connectivity index (χ3v) is 2.58. The van der Waals surface area contributed by atoms with Crippen molar-refractivity contribution < 1.29 is 13.2 Å². The summed E-state index contributed by atoms with van der Waals surface area (Å²) >= 11 is 0. The lowest BCUT2D eigenvalue weighted by Gasteiger charge is -2.30. The number of nitrogens with zero attached hydrogens (tertiary/aromatic N) is 3. The molecule has 1 atom stereocenters. The van der Waals surface area contributed by atoms with E-state index in [0.29, 0.717) is 11.4 Å². The Balaban J connectivity index is 2.09. The van der Waals surface area contributed by atoms with Gasteiger partial charge in [-0.2, -0.15) is 18.3 Å². The summed E-state index contributed by atoms with van der Waals surface area (Å²) in [5, 5.41) is 3.63. The number of hydrogen-bond acceptors (Lipinski definition) is 4. The van der Waals surface area contributed by atoms with Crippen molar-refractivity contribution in [3.63, 3.8) is 0 Å². The molecule has 7 heteroatoms. The molecule has 2 aliphatic heterocycles. The summed E-state index contributed by atoms with van der Waals surface area (Å²) < 4.78 is 38.4. The van der Waals surface area contributed by atoms with Gasteiger partial charge < -0.3 is 0 Å². The normalized spacial score (nSPS) is 21.7. The lowest BCUT2D eigenvalue weighted by atomic mass is 10.2. The van der Waals surface area contributed by atoms with Gasteiger partial charge in [0.05, 0.1) is 17.6 Å². The number of alkyl halides is 3. The summed E-state index contributed by atoms with van der Waals surface area (Å²) in [4.78, 5) is 5.15. The molecule has 17 heavy (non-hydrogen) atoms. The fourth-order valence-corrected chi connectivity index (χ4v) is 1.85. The monoisotopic (exact) mass is 240 g/mol. The zero-order chi connectivity index (χ0) is 12.0. The summed E-state index contributed by atoms with van der Waals surface area (Å²) in [5.41, 5.74) is 2.98. The van der Waals surface area contributed by atoms with Gasteiger partial charge in [-0.3, -0.25) is 15.3 Å². The van der Waals surface area contributed by atoms with Crippen LogP contribution in [0.2, 0.25) is 0 Å². The number of anilines is 1. The Labute approximate surface area is 94.4 Å². The lowest BCUT2D eigenvalue weighted by Crippen LogP contribution is -2.51. The van der Waals surface area contributed by atoms with Crippen molar-refractivity contribution in [3.05, 3.63) is 24.3 Å². The second kappa shape index (κ2) is 3.22. The van der Waals surface area contributed by atoms with Crippen LogP contribution in [0, 0.1) is 0 Å². The average molecular weight is 240 g/mol. The first kappa shape index (κ1) is 10.1. The molecule has 2 heterocycles. The van der Waals surface area contributed by atoms with Gasteiger partial charge in [0.25, 0.3) is 0 Å². The van der Waals surface area contributed by atoms with Crippen LogP contribution < -0.4 is 10.3 Å². The van der Waals surface area contributed by atoms with Gasteiger partial charge in [0.15, 0.2) is 5.84 Å². The Hall–Kier alpha value is -2.05. The lowest BCUT2D eigenvalue weighted by molar-refractivity contribution is -0.151. The molecule has 0 aromatic heterocycles. The Morgan fingerprint density at radius 1 is 1.24 bits per heavy atom. The largest absolute Gasteiger partial charge is 0.429 e. The first-order valence-electron chi connectivity index (χ1n) is 4.89. The molecule has 2 aliphatic rings. The standard InChI is InChI=1S/C10H7F3N4/c11-10(12,13)9-16-15-8-5-14-6-3-1-2-4-7(6)17(8)9/h1-5,9,16H. The van der Waals surface area contributed by atoms with Gasteiger partial charge in [-0.15, -0.1) is 0 Å². The minimum atomic E-state index is -4.40. The second-order valence-electron chi connectivity index (χ2n) is 3.66. The van der Waals surface area contributed by atoms with Crippen molar-refractivity contribution in [2.45, 2.75) is 12.3 Å². The maximum atomic E-state index is 12.8. The molecule has 1 unspecified atom stereocenters. The van der Waals surface area contributed by atoms with E-state index in [1.807, 2.05) is 0 Å². The summed E-state index contributed by atoms with van der Waals surface area (Å²) in [5.74, 6) is 0.172. The van der Waals surface area contributed by atoms with Crippen molar-refractivity contribution in [1.82, 2.24) is 5.43 Å². The molecule has 0 radical (unpaired) electrons. The smallest absolute Gasteiger partial charge is 0.291 e. The third-order valence-electron chi connectivity index (χ3n) is 2.58. The highest BCUT2D eigenvalue weighted by atomic mass is 19.4. The number of hydrogen-bond donors (Lipinski definition) is 1. The van der Waals surface area contributed by atoms with Crippen molar-refractivity contribution in [3.8, 4) is 0 Å². The maximum absolute atomic E-state index is 12.8. The molecule has 0 fully saturated rings. The Morgan fingerprint density at radius 3 is 2.76 bits per heavy atom. The SMILES string of the molecule is FC(F)(F)C1NN=C2C=Nc3ccccc3N21. The van der Waals surface area contributed by atoms with Crippen LogP contribution in [-0.2, 0) is 0 Å². The van der Waals surface area contributed by atoms with Crippen molar-refractivity contribution in [1.29, 1.82) is 0 Å². The zero-order valence-corrected chi connectivity index (χ0v) is 8.44. The zero-order valence-electron chi connectivity index (χ0n) is 8.44. The van der Waals surface area contributed by atoms with Crippen LogP contribution in [-0.4, -0.2) is 24.4 Å².